The lowest BCUT2D eigenvalue weighted by Crippen LogP contribution is -2.44. The number of hydrogen-bond donors (Lipinski definition) is 3. The zero-order valence-electron chi connectivity index (χ0n) is 16.5. The predicted octanol–water partition coefficient (Wildman–Crippen LogP) is 1.66. The lowest BCUT2D eigenvalue weighted by molar-refractivity contribution is -0.124. The van der Waals surface area contributed by atoms with Crippen molar-refractivity contribution >= 4 is 51.4 Å². The molecule has 0 spiro atoms. The van der Waals surface area contributed by atoms with Crippen LogP contribution in [-0.4, -0.2) is 57.1 Å². The highest BCUT2D eigenvalue weighted by Crippen LogP contribution is 2.17. The van der Waals surface area contributed by atoms with Crippen molar-refractivity contribution in [2.75, 3.05) is 30.0 Å². The number of amides is 1. The van der Waals surface area contributed by atoms with E-state index in [4.69, 9.17) is 4.74 Å². The van der Waals surface area contributed by atoms with Gasteiger partial charge in [0.25, 0.3) is 5.91 Å². The molecule has 1 aromatic carbocycles. The Balaban J connectivity index is 0.00000300. The molecule has 2 aliphatic heterocycles. The van der Waals surface area contributed by atoms with E-state index in [-0.39, 0.29) is 53.5 Å². The monoisotopic (exact) mass is 536 g/mol. The van der Waals surface area contributed by atoms with Crippen molar-refractivity contribution in [3.8, 4) is 0 Å². The van der Waals surface area contributed by atoms with Gasteiger partial charge in [-0.1, -0.05) is 12.1 Å². The van der Waals surface area contributed by atoms with Crippen LogP contribution < -0.4 is 16.0 Å². The third-order valence-corrected chi connectivity index (χ3v) is 6.52. The Morgan fingerprint density at radius 3 is 2.79 bits per heavy atom. The molecule has 1 aromatic rings. The van der Waals surface area contributed by atoms with Crippen molar-refractivity contribution in [1.82, 2.24) is 10.6 Å². The molecule has 0 saturated carbocycles. The van der Waals surface area contributed by atoms with Gasteiger partial charge >= 0.3 is 0 Å². The molecule has 2 saturated heterocycles. The molecule has 2 aliphatic rings. The molecule has 2 fully saturated rings. The lowest BCUT2D eigenvalue weighted by atomic mass is 10.2. The molecular weight excluding hydrogens is 507 g/mol. The molecule has 162 valence electrons. The maximum absolute atomic E-state index is 12.2. The van der Waals surface area contributed by atoms with Crippen molar-refractivity contribution in [3.05, 3.63) is 29.8 Å². The Kier molecular flexibility index (Phi) is 9.15. The average molecular weight is 536 g/mol. The number of sulfone groups is 1. The molecule has 10 heteroatoms. The van der Waals surface area contributed by atoms with Crippen LogP contribution in [0, 0.1) is 0 Å². The Labute approximate surface area is 189 Å². The Morgan fingerprint density at radius 1 is 1.31 bits per heavy atom. The molecule has 3 N–H and O–H groups in total. The first-order chi connectivity index (χ1) is 13.4. The highest BCUT2D eigenvalue weighted by Gasteiger charge is 2.28. The van der Waals surface area contributed by atoms with Gasteiger partial charge in [-0.2, -0.15) is 0 Å². The SMILES string of the molecule is CCNC(=NCc1cccc(NC(=O)C2CCCO2)c1)NC1CCS(=O)(=O)C1.I. The second-order valence-electron chi connectivity index (χ2n) is 7.13. The molecule has 1 amide bonds. The molecule has 8 nitrogen and oxygen atoms in total. The van der Waals surface area contributed by atoms with E-state index in [2.05, 4.69) is 20.9 Å². The summed E-state index contributed by atoms with van der Waals surface area (Å²) >= 11 is 0. The molecule has 2 heterocycles. The molecule has 0 bridgehead atoms. The van der Waals surface area contributed by atoms with Gasteiger partial charge in [-0.3, -0.25) is 4.79 Å². The van der Waals surface area contributed by atoms with Gasteiger partial charge in [0.2, 0.25) is 0 Å². The molecule has 0 aliphatic carbocycles. The standard InChI is InChI=1S/C19H28N4O4S.HI/c1-2-20-19(23-16-8-10-28(25,26)13-16)21-12-14-5-3-6-15(11-14)22-18(24)17-7-4-9-27-17;/h3,5-6,11,16-17H,2,4,7-10,12-13H2,1H3,(H,22,24)(H2,20,21,23);1H. The first kappa shape index (κ1) is 23.9. The van der Waals surface area contributed by atoms with Gasteiger partial charge in [0, 0.05) is 24.9 Å². The number of rotatable bonds is 6. The molecule has 0 aromatic heterocycles. The predicted molar refractivity (Wildman–Crippen MR) is 124 cm³/mol. The molecule has 2 atom stereocenters. The summed E-state index contributed by atoms with van der Waals surface area (Å²) in [6, 6.07) is 7.43. The van der Waals surface area contributed by atoms with Crippen LogP contribution in [0.15, 0.2) is 29.3 Å². The highest BCUT2D eigenvalue weighted by molar-refractivity contribution is 14.0. The second-order valence-corrected chi connectivity index (χ2v) is 9.36. The van der Waals surface area contributed by atoms with Crippen molar-refractivity contribution in [1.29, 1.82) is 0 Å². The van der Waals surface area contributed by atoms with Crippen LogP contribution in [0.5, 0.6) is 0 Å². The fourth-order valence-corrected chi connectivity index (χ4v) is 5.02. The zero-order chi connectivity index (χ0) is 20.0. The van der Waals surface area contributed by atoms with E-state index in [0.29, 0.717) is 37.8 Å². The van der Waals surface area contributed by atoms with Crippen LogP contribution in [-0.2, 0) is 25.9 Å². The van der Waals surface area contributed by atoms with Gasteiger partial charge < -0.3 is 20.7 Å². The number of hydrogen-bond acceptors (Lipinski definition) is 5. The molecular formula is C19H29IN4O4S. The summed E-state index contributed by atoms with van der Waals surface area (Å²) in [5, 5.41) is 9.24. The van der Waals surface area contributed by atoms with Crippen LogP contribution >= 0.6 is 24.0 Å². The van der Waals surface area contributed by atoms with Gasteiger partial charge in [-0.25, -0.2) is 13.4 Å². The summed E-state index contributed by atoms with van der Waals surface area (Å²) in [5.41, 5.74) is 1.66. The Morgan fingerprint density at radius 2 is 2.14 bits per heavy atom. The smallest absolute Gasteiger partial charge is 0.253 e. The van der Waals surface area contributed by atoms with Gasteiger partial charge in [-0.15, -0.1) is 24.0 Å². The van der Waals surface area contributed by atoms with E-state index in [1.165, 1.54) is 0 Å². The van der Waals surface area contributed by atoms with E-state index in [0.717, 1.165) is 18.4 Å². The summed E-state index contributed by atoms with van der Waals surface area (Å²) < 4.78 is 28.7. The fraction of sp³-hybridized carbons (Fsp3) is 0.579. The van der Waals surface area contributed by atoms with Crippen molar-refractivity contribution in [2.24, 2.45) is 4.99 Å². The number of carbonyl (C=O) groups excluding carboxylic acids is 1. The van der Waals surface area contributed by atoms with Gasteiger partial charge in [0.1, 0.15) is 6.10 Å². The van der Waals surface area contributed by atoms with Crippen LogP contribution in [0.3, 0.4) is 0 Å². The Hall–Kier alpha value is -1.40. The van der Waals surface area contributed by atoms with E-state index >= 15 is 0 Å². The minimum atomic E-state index is -2.94. The van der Waals surface area contributed by atoms with Crippen LogP contribution in [0.4, 0.5) is 5.69 Å². The largest absolute Gasteiger partial charge is 0.368 e. The average Bonchev–Trinajstić information content (AvgIpc) is 3.30. The number of ether oxygens (including phenoxy) is 1. The second kappa shape index (κ2) is 11.1. The van der Waals surface area contributed by atoms with Gasteiger partial charge in [-0.05, 0) is 43.9 Å². The number of nitrogens with one attached hydrogen (secondary N) is 3. The minimum Gasteiger partial charge on any atom is -0.368 e. The summed E-state index contributed by atoms with van der Waals surface area (Å²) in [5.74, 6) is 0.840. The number of anilines is 1. The van der Waals surface area contributed by atoms with E-state index in [9.17, 15) is 13.2 Å². The van der Waals surface area contributed by atoms with Crippen LogP contribution in [0.25, 0.3) is 0 Å². The normalized spacial score (nSPS) is 23.3. The van der Waals surface area contributed by atoms with Crippen LogP contribution in [0.2, 0.25) is 0 Å². The molecule has 0 radical (unpaired) electrons. The maximum atomic E-state index is 12.2. The topological polar surface area (TPSA) is 109 Å². The van der Waals surface area contributed by atoms with E-state index < -0.39 is 9.84 Å². The number of halogens is 1. The third-order valence-electron chi connectivity index (χ3n) is 4.75. The minimum absolute atomic E-state index is 0. The summed E-state index contributed by atoms with van der Waals surface area (Å²) in [4.78, 5) is 16.7. The number of carbonyl (C=O) groups is 1. The molecule has 29 heavy (non-hydrogen) atoms. The van der Waals surface area contributed by atoms with Gasteiger partial charge in [0.05, 0.1) is 18.1 Å². The number of nitrogens with zero attached hydrogens (tertiary/aromatic N) is 1. The fourth-order valence-electron chi connectivity index (χ4n) is 3.35. The van der Waals surface area contributed by atoms with Crippen molar-refractivity contribution in [2.45, 2.75) is 44.9 Å². The summed E-state index contributed by atoms with van der Waals surface area (Å²) in [6.07, 6.45) is 1.89. The van der Waals surface area contributed by atoms with Crippen molar-refractivity contribution in [3.63, 3.8) is 0 Å². The molecule has 3 rings (SSSR count). The van der Waals surface area contributed by atoms with E-state index in [1.807, 2.05) is 31.2 Å². The zero-order valence-corrected chi connectivity index (χ0v) is 19.7. The third kappa shape index (κ3) is 7.41. The summed E-state index contributed by atoms with van der Waals surface area (Å²) in [6.45, 7) is 3.69. The first-order valence-electron chi connectivity index (χ1n) is 9.72. The Bertz CT molecular complexity index is 825. The first-order valence-corrected chi connectivity index (χ1v) is 11.5. The quantitative estimate of drug-likeness (QED) is 0.290. The van der Waals surface area contributed by atoms with Gasteiger partial charge in [0.15, 0.2) is 15.8 Å². The maximum Gasteiger partial charge on any atom is 0.253 e. The van der Waals surface area contributed by atoms with E-state index in [1.54, 1.807) is 0 Å². The van der Waals surface area contributed by atoms with Crippen molar-refractivity contribution < 1.29 is 17.9 Å². The number of guanidine groups is 1. The lowest BCUT2D eigenvalue weighted by Gasteiger charge is -2.16. The number of benzene rings is 1. The summed E-state index contributed by atoms with van der Waals surface area (Å²) in [7, 11) is -2.94. The highest BCUT2D eigenvalue weighted by atomic mass is 127. The number of aliphatic imine (C=N–C) groups is 1. The molecule has 2 unspecified atom stereocenters. The van der Waals surface area contributed by atoms with Crippen LogP contribution in [0.1, 0.15) is 31.7 Å².